The summed E-state index contributed by atoms with van der Waals surface area (Å²) in [6, 6.07) is 11.9. The second-order valence-corrected chi connectivity index (χ2v) is 18.7. The topological polar surface area (TPSA) is 89.6 Å². The van der Waals surface area contributed by atoms with Crippen molar-refractivity contribution >= 4 is 38.8 Å². The lowest BCUT2D eigenvalue weighted by Gasteiger charge is -2.50. The van der Waals surface area contributed by atoms with Crippen molar-refractivity contribution in [1.29, 1.82) is 0 Å². The molecule has 5 aliphatic rings. The van der Waals surface area contributed by atoms with Gasteiger partial charge in [-0.1, -0.05) is 36.7 Å². The van der Waals surface area contributed by atoms with Crippen molar-refractivity contribution in [3.63, 3.8) is 0 Å². The number of morpholine rings is 1. The van der Waals surface area contributed by atoms with E-state index >= 15 is 0 Å². The number of amides is 1. The fourth-order valence-electron chi connectivity index (χ4n) is 9.13. The molecule has 2 aromatic rings. The van der Waals surface area contributed by atoms with Gasteiger partial charge in [0.2, 0.25) is 0 Å². The van der Waals surface area contributed by atoms with Crippen LogP contribution in [0, 0.1) is 17.8 Å². The molecule has 1 unspecified atom stereocenters. The van der Waals surface area contributed by atoms with E-state index in [1.54, 1.807) is 6.07 Å². The number of allylic oxidation sites excluding steroid dienone is 1. The number of methoxy groups -OCH3 is 1. The highest BCUT2D eigenvalue weighted by Crippen LogP contribution is 2.49. The van der Waals surface area contributed by atoms with Crippen LogP contribution in [0.2, 0.25) is 5.02 Å². The Hall–Kier alpha value is -2.60. The Morgan fingerprint density at radius 1 is 1.13 bits per heavy atom. The number of anilines is 1. The van der Waals surface area contributed by atoms with Crippen LogP contribution in [0.15, 0.2) is 48.6 Å². The summed E-state index contributed by atoms with van der Waals surface area (Å²) in [5, 5.41) is 0.404. The Bertz CT molecular complexity index is 1750. The molecule has 1 amide bonds. The van der Waals surface area contributed by atoms with Crippen molar-refractivity contribution in [2.75, 3.05) is 77.8 Å². The molecule has 3 aliphatic heterocycles. The van der Waals surface area contributed by atoms with E-state index in [1.165, 1.54) is 11.1 Å². The summed E-state index contributed by atoms with van der Waals surface area (Å²) in [7, 11) is -1.15. The molecule has 0 radical (unpaired) electrons. The first-order chi connectivity index (χ1) is 25.0. The van der Waals surface area contributed by atoms with Gasteiger partial charge in [-0.2, -0.15) is 0 Å². The van der Waals surface area contributed by atoms with Crippen LogP contribution in [-0.4, -0.2) is 105 Å². The molecule has 284 valence electrons. The number of benzene rings is 2. The average Bonchev–Trinajstić information content (AvgIpc) is 3.27. The van der Waals surface area contributed by atoms with Crippen molar-refractivity contribution < 1.29 is 28.0 Å². The number of rotatable bonds is 6. The number of nitrogens with zero attached hydrogens (tertiary/aromatic N) is 2. The fourth-order valence-corrected chi connectivity index (χ4v) is 10.8. The molecule has 9 nitrogen and oxygen atoms in total. The van der Waals surface area contributed by atoms with Crippen molar-refractivity contribution in [2.45, 2.75) is 68.6 Å². The van der Waals surface area contributed by atoms with E-state index in [9.17, 15) is 9.00 Å². The number of carbonyl (C=O) groups is 1. The summed E-state index contributed by atoms with van der Waals surface area (Å²) in [6.45, 7) is 11.4. The van der Waals surface area contributed by atoms with E-state index in [4.69, 9.17) is 30.5 Å². The van der Waals surface area contributed by atoms with E-state index in [1.807, 2.05) is 32.2 Å². The van der Waals surface area contributed by atoms with Gasteiger partial charge in [0.1, 0.15) is 11.4 Å². The van der Waals surface area contributed by atoms with Gasteiger partial charge in [0.25, 0.3) is 5.91 Å². The first-order valence-electron chi connectivity index (χ1n) is 19.1. The van der Waals surface area contributed by atoms with Gasteiger partial charge >= 0.3 is 0 Å². The Morgan fingerprint density at radius 3 is 2.73 bits per heavy atom. The van der Waals surface area contributed by atoms with E-state index in [0.29, 0.717) is 37.7 Å². The van der Waals surface area contributed by atoms with Gasteiger partial charge in [-0.15, -0.1) is 0 Å². The van der Waals surface area contributed by atoms with Crippen molar-refractivity contribution in [3.05, 3.63) is 70.3 Å². The minimum Gasteiger partial charge on any atom is -0.490 e. The number of nitrogens with one attached hydrogen (secondary N) is 1. The number of hydrogen-bond acceptors (Lipinski definition) is 8. The van der Waals surface area contributed by atoms with Crippen LogP contribution in [0.3, 0.4) is 0 Å². The van der Waals surface area contributed by atoms with E-state index < -0.39 is 15.3 Å². The molecule has 2 fully saturated rings. The molecular formula is C41H56ClN3O6S. The maximum atomic E-state index is 14.0. The summed E-state index contributed by atoms with van der Waals surface area (Å²) in [5.74, 6) is 4.98. The quantitative estimate of drug-likeness (QED) is 0.221. The van der Waals surface area contributed by atoms with Crippen LogP contribution in [0.5, 0.6) is 5.75 Å². The molecule has 2 bridgehead atoms. The number of carbonyl (C=O) groups excluding carboxylic acids is 1. The van der Waals surface area contributed by atoms with Gasteiger partial charge in [0, 0.05) is 61.1 Å². The van der Waals surface area contributed by atoms with Crippen LogP contribution in [0.4, 0.5) is 5.69 Å². The summed E-state index contributed by atoms with van der Waals surface area (Å²) in [5.41, 5.74) is 3.07. The average molecular weight is 754 g/mol. The second kappa shape index (κ2) is 15.6. The molecule has 3 heterocycles. The smallest absolute Gasteiger partial charge is 0.262 e. The summed E-state index contributed by atoms with van der Waals surface area (Å²) >= 11 is 6.50. The number of hydrogen-bond donors (Lipinski definition) is 1. The summed E-state index contributed by atoms with van der Waals surface area (Å²) in [4.78, 5) is 18.6. The largest absolute Gasteiger partial charge is 0.490 e. The molecule has 52 heavy (non-hydrogen) atoms. The minimum atomic E-state index is -2.97. The van der Waals surface area contributed by atoms with Gasteiger partial charge in [-0.25, -0.2) is 4.21 Å². The predicted octanol–water partition coefficient (Wildman–Crippen LogP) is 5.92. The zero-order chi connectivity index (χ0) is 36.5. The molecule has 1 saturated heterocycles. The lowest BCUT2D eigenvalue weighted by Crippen LogP contribution is -2.55. The summed E-state index contributed by atoms with van der Waals surface area (Å²) < 4.78 is 42.1. The second-order valence-electron chi connectivity index (χ2n) is 15.9. The number of ether oxygens (including phenoxy) is 4. The molecule has 11 heteroatoms. The highest BCUT2D eigenvalue weighted by Gasteiger charge is 2.49. The van der Waals surface area contributed by atoms with Crippen LogP contribution in [0.1, 0.15) is 67.4 Å². The zero-order valence-corrected chi connectivity index (χ0v) is 32.7. The third-order valence-corrected chi connectivity index (χ3v) is 15.2. The molecule has 1 saturated carbocycles. The Kier molecular flexibility index (Phi) is 11.3. The maximum absolute atomic E-state index is 14.0. The number of halogens is 1. The Morgan fingerprint density at radius 2 is 1.96 bits per heavy atom. The molecule has 2 aliphatic carbocycles. The minimum absolute atomic E-state index is 0.00353. The molecule has 1 N–H and O–H groups in total. The van der Waals surface area contributed by atoms with Gasteiger partial charge in [0.05, 0.1) is 48.4 Å². The lowest BCUT2D eigenvalue weighted by atomic mass is 9.64. The van der Waals surface area contributed by atoms with Crippen LogP contribution < -0.4 is 14.4 Å². The first kappa shape index (κ1) is 37.7. The van der Waals surface area contributed by atoms with E-state index in [0.717, 1.165) is 94.5 Å². The third kappa shape index (κ3) is 7.66. The molecule has 7 rings (SSSR count). The van der Waals surface area contributed by atoms with Gasteiger partial charge in [0.15, 0.2) is 0 Å². The normalized spacial score (nSPS) is 34.6. The van der Waals surface area contributed by atoms with Crippen LogP contribution in [-0.2, 0) is 35.8 Å². The molecule has 2 aromatic carbocycles. The Balaban J connectivity index is 1.25. The Labute approximate surface area is 315 Å². The standard InChI is InChI=1S/C41H56ClN3O6S/c1-29-7-5-16-41(48-3,28-50-22-19-44-17-20-49-21-18-44)36-12-9-33(36)25-45-26-40(15-6-8-31-23-34(42)11-13-35(31)40)27-51-38-14-10-32(24-37(38)45)39(46)43-52(4,47)30(29)2/h5,10-11,13-14,16,23-24,29-30,33,36H,4,6-9,12,15,17-22,25-28H2,1-3H3,(H,43,46,47)/b16-5+/t29-,30+,33-,36+,40-,41-,52?/m0/s1. The molecule has 0 aromatic heterocycles. The molecule has 7 atom stereocenters. The van der Waals surface area contributed by atoms with Crippen LogP contribution in [0.25, 0.3) is 0 Å². The highest BCUT2D eigenvalue weighted by molar-refractivity contribution is 7.99. The first-order valence-corrected chi connectivity index (χ1v) is 21.3. The maximum Gasteiger partial charge on any atom is 0.262 e. The number of aryl methyl sites for hydroxylation is 1. The zero-order valence-electron chi connectivity index (χ0n) is 31.1. The fraction of sp³-hybridized carbons (Fsp3) is 0.610. The SMILES string of the molecule is C=S1(=O)NC(=O)c2ccc3c(c2)N(C[C@@H]2CC[C@H]2[C@](COCCN2CCOCC2)(OC)/C=C/C[C@H](C)[C@H]1C)C[C@@]1(CCCc2cc(Cl)ccc21)CO3. The van der Waals surface area contributed by atoms with Gasteiger partial charge in [-0.05, 0) is 111 Å². The third-order valence-electron chi connectivity index (χ3n) is 12.7. The molecule has 1 spiro atoms. The van der Waals surface area contributed by atoms with E-state index in [2.05, 4.69) is 51.6 Å². The monoisotopic (exact) mass is 753 g/mol. The number of fused-ring (bicyclic) bond motifs is 4. The van der Waals surface area contributed by atoms with E-state index in [-0.39, 0.29) is 28.4 Å². The van der Waals surface area contributed by atoms with Crippen LogP contribution >= 0.6 is 11.6 Å². The highest BCUT2D eigenvalue weighted by atomic mass is 35.5. The van der Waals surface area contributed by atoms with Crippen molar-refractivity contribution in [3.8, 4) is 5.75 Å². The molecular weight excluding hydrogens is 698 g/mol. The summed E-state index contributed by atoms with van der Waals surface area (Å²) in [6.07, 6.45) is 10.2. The van der Waals surface area contributed by atoms with Gasteiger partial charge < -0.3 is 23.8 Å². The van der Waals surface area contributed by atoms with Gasteiger partial charge in [-0.3, -0.25) is 14.4 Å². The lowest BCUT2D eigenvalue weighted by molar-refractivity contribution is -0.120. The van der Waals surface area contributed by atoms with Crippen molar-refractivity contribution in [2.24, 2.45) is 17.8 Å². The predicted molar refractivity (Wildman–Crippen MR) is 209 cm³/mol. The van der Waals surface area contributed by atoms with Crippen molar-refractivity contribution in [1.82, 2.24) is 9.62 Å².